The predicted octanol–water partition coefficient (Wildman–Crippen LogP) is 6.59. The number of hydrogen-bond acceptors (Lipinski definition) is 4. The molecule has 7 rings (SSSR count). The summed E-state index contributed by atoms with van der Waals surface area (Å²) in [5, 5.41) is 3.37. The summed E-state index contributed by atoms with van der Waals surface area (Å²) in [6.45, 7) is 2.01. The van der Waals surface area contributed by atoms with Gasteiger partial charge in [-0.25, -0.2) is 0 Å². The number of nitrogens with one attached hydrogen (secondary N) is 1. The van der Waals surface area contributed by atoms with Crippen LogP contribution in [0.15, 0.2) is 109 Å². The number of para-hydroxylation sites is 2. The Kier molecular flexibility index (Phi) is 5.55. The molecular weight excluding hydrogens is 520 g/mol. The highest BCUT2D eigenvalue weighted by molar-refractivity contribution is 6.34. The molecule has 0 saturated carbocycles. The maximum absolute atomic E-state index is 14.7. The molecule has 0 unspecified atom stereocenters. The number of benzene rings is 4. The van der Waals surface area contributed by atoms with E-state index in [0.29, 0.717) is 21.8 Å². The van der Waals surface area contributed by atoms with Gasteiger partial charge in [-0.3, -0.25) is 14.4 Å². The van der Waals surface area contributed by atoms with E-state index in [0.717, 1.165) is 22.4 Å². The second-order valence-corrected chi connectivity index (χ2v) is 11.0. The molecule has 4 aromatic rings. The van der Waals surface area contributed by atoms with Crippen LogP contribution in [0.2, 0.25) is 5.02 Å². The lowest BCUT2D eigenvalue weighted by molar-refractivity contribution is -0.121. The number of halogens is 1. The fraction of sp³-hybridized carbons (Fsp3) is 0.147. The lowest BCUT2D eigenvalue weighted by atomic mass is 9.64. The molecule has 1 N–H and O–H groups in total. The van der Waals surface area contributed by atoms with Crippen molar-refractivity contribution in [2.75, 3.05) is 10.2 Å². The maximum Gasteiger partial charge on any atom is 0.238 e. The molecule has 6 heteroatoms. The Morgan fingerprint density at radius 2 is 1.50 bits per heavy atom. The third kappa shape index (κ3) is 3.24. The Bertz CT molecular complexity index is 1750. The first-order valence-electron chi connectivity index (χ1n) is 13.3. The van der Waals surface area contributed by atoms with E-state index in [1.165, 1.54) is 0 Å². The SMILES string of the molecule is CC1=C[C@H]2N(c3ccccc31)[C@@H](C(=O)c1ccccc1Cl)[C@@H](C(=O)c1ccccc1)[C@]21C(=O)Nc2ccccc21. The summed E-state index contributed by atoms with van der Waals surface area (Å²) >= 11 is 6.59. The zero-order valence-corrected chi connectivity index (χ0v) is 22.4. The van der Waals surface area contributed by atoms with Crippen LogP contribution in [0, 0.1) is 5.92 Å². The normalized spacial score (nSPS) is 24.1. The lowest BCUT2D eigenvalue weighted by Gasteiger charge is -2.39. The Morgan fingerprint density at radius 1 is 0.825 bits per heavy atom. The summed E-state index contributed by atoms with van der Waals surface area (Å²) in [6.07, 6.45) is 2.05. The quantitative estimate of drug-likeness (QED) is 0.294. The van der Waals surface area contributed by atoms with Crippen molar-refractivity contribution in [3.63, 3.8) is 0 Å². The molecular formula is C34H25ClN2O3. The minimum Gasteiger partial charge on any atom is -0.352 e. The van der Waals surface area contributed by atoms with Crippen molar-refractivity contribution in [2.24, 2.45) is 5.92 Å². The molecule has 0 aromatic heterocycles. The topological polar surface area (TPSA) is 66.5 Å². The van der Waals surface area contributed by atoms with E-state index in [1.807, 2.05) is 66.4 Å². The molecule has 1 saturated heterocycles. The molecule has 3 aliphatic heterocycles. The number of anilines is 2. The van der Waals surface area contributed by atoms with Gasteiger partial charge in [0.2, 0.25) is 5.91 Å². The van der Waals surface area contributed by atoms with E-state index in [1.54, 1.807) is 48.5 Å². The second-order valence-electron chi connectivity index (χ2n) is 10.6. The van der Waals surface area contributed by atoms with E-state index in [9.17, 15) is 14.4 Å². The molecule has 1 fully saturated rings. The second kappa shape index (κ2) is 9.04. The highest BCUT2D eigenvalue weighted by Gasteiger charge is 2.70. The monoisotopic (exact) mass is 544 g/mol. The van der Waals surface area contributed by atoms with Crippen LogP contribution < -0.4 is 10.2 Å². The average molecular weight is 545 g/mol. The lowest BCUT2D eigenvalue weighted by Crippen LogP contribution is -2.51. The molecule has 0 bridgehead atoms. The van der Waals surface area contributed by atoms with Gasteiger partial charge < -0.3 is 10.2 Å². The predicted molar refractivity (Wildman–Crippen MR) is 157 cm³/mol. The molecule has 1 amide bonds. The standard InChI is InChI=1S/C34H25ClN2O3/c1-20-19-28-34(24-15-7-9-17-26(24)36-33(34)40)29(31(38)21-11-3-2-4-12-21)30(32(39)23-14-5-8-16-25(23)35)37(28)27-18-10-6-13-22(20)27/h2-19,28-30H,1H3,(H,36,40)/t28-,29+,30-,34-/m1/s1. The number of nitrogens with zero attached hydrogens (tertiary/aromatic N) is 1. The first-order chi connectivity index (χ1) is 19.4. The maximum atomic E-state index is 14.7. The zero-order chi connectivity index (χ0) is 27.6. The van der Waals surface area contributed by atoms with E-state index >= 15 is 0 Å². The summed E-state index contributed by atoms with van der Waals surface area (Å²) in [5.74, 6) is -1.85. The van der Waals surface area contributed by atoms with Crippen LogP contribution >= 0.6 is 11.6 Å². The van der Waals surface area contributed by atoms with Crippen LogP contribution in [0.25, 0.3) is 5.57 Å². The number of hydrogen-bond donors (Lipinski definition) is 1. The van der Waals surface area contributed by atoms with Crippen molar-refractivity contribution < 1.29 is 14.4 Å². The van der Waals surface area contributed by atoms with Gasteiger partial charge in [0.1, 0.15) is 11.5 Å². The fourth-order valence-electron chi connectivity index (χ4n) is 6.99. The molecule has 0 radical (unpaired) electrons. The van der Waals surface area contributed by atoms with Crippen LogP contribution in [-0.2, 0) is 10.2 Å². The van der Waals surface area contributed by atoms with Gasteiger partial charge in [-0.2, -0.15) is 0 Å². The number of amides is 1. The van der Waals surface area contributed by atoms with E-state index < -0.39 is 23.4 Å². The summed E-state index contributed by atoms with van der Waals surface area (Å²) in [5.41, 5.74) is 3.59. The van der Waals surface area contributed by atoms with Gasteiger partial charge in [-0.1, -0.05) is 96.5 Å². The molecule has 0 aliphatic carbocycles. The summed E-state index contributed by atoms with van der Waals surface area (Å²) in [7, 11) is 0. The molecule has 40 heavy (non-hydrogen) atoms. The first kappa shape index (κ1) is 24.6. The fourth-order valence-corrected chi connectivity index (χ4v) is 7.22. The minimum atomic E-state index is -1.35. The highest BCUT2D eigenvalue weighted by Crippen LogP contribution is 2.58. The van der Waals surface area contributed by atoms with Crippen molar-refractivity contribution in [3.8, 4) is 0 Å². The van der Waals surface area contributed by atoms with Gasteiger partial charge in [0.15, 0.2) is 11.6 Å². The van der Waals surface area contributed by atoms with Crippen molar-refractivity contribution in [3.05, 3.63) is 136 Å². The van der Waals surface area contributed by atoms with Gasteiger partial charge in [0.05, 0.1) is 17.0 Å². The Hall–Kier alpha value is -4.48. The summed E-state index contributed by atoms with van der Waals surface area (Å²) in [4.78, 5) is 45.8. The van der Waals surface area contributed by atoms with Crippen molar-refractivity contribution in [1.82, 2.24) is 0 Å². The van der Waals surface area contributed by atoms with Gasteiger partial charge in [0.25, 0.3) is 0 Å². The molecule has 4 aromatic carbocycles. The van der Waals surface area contributed by atoms with Crippen molar-refractivity contribution in [2.45, 2.75) is 24.4 Å². The van der Waals surface area contributed by atoms with Crippen molar-refractivity contribution >= 4 is 46.0 Å². The number of carbonyl (C=O) groups excluding carboxylic acids is 3. The third-order valence-electron chi connectivity index (χ3n) is 8.63. The Balaban J connectivity index is 1.57. The van der Waals surface area contributed by atoms with Gasteiger partial charge in [0, 0.05) is 28.1 Å². The van der Waals surface area contributed by atoms with E-state index in [2.05, 4.69) is 11.4 Å². The number of fused-ring (bicyclic) bond motifs is 6. The van der Waals surface area contributed by atoms with Crippen LogP contribution in [0.1, 0.15) is 38.8 Å². The van der Waals surface area contributed by atoms with Crippen molar-refractivity contribution in [1.29, 1.82) is 0 Å². The summed E-state index contributed by atoms with van der Waals surface area (Å²) < 4.78 is 0. The minimum absolute atomic E-state index is 0.254. The number of carbonyl (C=O) groups is 3. The van der Waals surface area contributed by atoms with Crippen LogP contribution in [-0.4, -0.2) is 29.6 Å². The number of Topliss-reactive ketones (excluding diaryl/α,β-unsaturated/α-hetero) is 2. The third-order valence-corrected chi connectivity index (χ3v) is 8.96. The van der Waals surface area contributed by atoms with Crippen LogP contribution in [0.5, 0.6) is 0 Å². The number of allylic oxidation sites excluding steroid dienone is 1. The van der Waals surface area contributed by atoms with E-state index in [4.69, 9.17) is 11.6 Å². The number of ketones is 2. The van der Waals surface area contributed by atoms with Crippen LogP contribution in [0.3, 0.4) is 0 Å². The molecule has 1 spiro atoms. The largest absolute Gasteiger partial charge is 0.352 e. The average Bonchev–Trinajstić information content (AvgIpc) is 3.45. The number of rotatable bonds is 4. The van der Waals surface area contributed by atoms with E-state index in [-0.39, 0.29) is 17.5 Å². The smallest absolute Gasteiger partial charge is 0.238 e. The Labute approximate surface area is 237 Å². The molecule has 3 aliphatic rings. The van der Waals surface area contributed by atoms with Crippen LogP contribution in [0.4, 0.5) is 11.4 Å². The van der Waals surface area contributed by atoms with Gasteiger partial charge in [-0.05, 0) is 42.3 Å². The molecule has 196 valence electrons. The Morgan fingerprint density at radius 3 is 2.30 bits per heavy atom. The van der Waals surface area contributed by atoms with Gasteiger partial charge in [-0.15, -0.1) is 0 Å². The molecule has 4 atom stereocenters. The van der Waals surface area contributed by atoms with Gasteiger partial charge >= 0.3 is 0 Å². The zero-order valence-electron chi connectivity index (χ0n) is 21.7. The molecule has 3 heterocycles. The highest BCUT2D eigenvalue weighted by atomic mass is 35.5. The first-order valence-corrected chi connectivity index (χ1v) is 13.7. The molecule has 5 nitrogen and oxygen atoms in total. The summed E-state index contributed by atoms with van der Waals surface area (Å²) in [6, 6.07) is 29.6.